The van der Waals surface area contributed by atoms with E-state index >= 15 is 0 Å². The van der Waals surface area contributed by atoms with Crippen LogP contribution in [0.15, 0.2) is 41.3 Å². The van der Waals surface area contributed by atoms with Crippen LogP contribution in [-0.4, -0.2) is 22.1 Å². The maximum Gasteiger partial charge on any atom is 0.240 e. The van der Waals surface area contributed by atoms with E-state index in [2.05, 4.69) is 4.72 Å². The highest BCUT2D eigenvalue weighted by Crippen LogP contribution is 2.23. The molecule has 0 aliphatic carbocycles. The molecule has 5 heteroatoms. The monoisotopic (exact) mass is 293 g/mol. The fourth-order valence-corrected chi connectivity index (χ4v) is 3.07. The summed E-state index contributed by atoms with van der Waals surface area (Å²) in [5.74, 6) is 0.758. The number of hydrogen-bond acceptors (Lipinski definition) is 3. The topological polar surface area (TPSA) is 55.4 Å². The van der Waals surface area contributed by atoms with Crippen LogP contribution in [0, 0.1) is 0 Å². The lowest BCUT2D eigenvalue weighted by Crippen LogP contribution is -2.24. The Labute approximate surface area is 119 Å². The van der Waals surface area contributed by atoms with Gasteiger partial charge in [0.2, 0.25) is 10.0 Å². The molecule has 0 saturated heterocycles. The van der Waals surface area contributed by atoms with Crippen molar-refractivity contribution < 1.29 is 13.2 Å². The average molecular weight is 293 g/mol. The number of benzene rings is 2. The number of rotatable bonds is 6. The summed E-state index contributed by atoms with van der Waals surface area (Å²) < 4.78 is 32.0. The van der Waals surface area contributed by atoms with Crippen molar-refractivity contribution in [2.75, 3.05) is 13.7 Å². The highest BCUT2D eigenvalue weighted by molar-refractivity contribution is 7.89. The van der Waals surface area contributed by atoms with Gasteiger partial charge in [0.25, 0.3) is 0 Å². The highest BCUT2D eigenvalue weighted by Gasteiger charge is 2.13. The van der Waals surface area contributed by atoms with Crippen LogP contribution in [0.3, 0.4) is 0 Å². The molecule has 108 valence electrons. The van der Waals surface area contributed by atoms with E-state index in [9.17, 15) is 8.42 Å². The molecular formula is C15H19NO3S. The zero-order chi connectivity index (χ0) is 14.6. The Morgan fingerprint density at radius 2 is 1.80 bits per heavy atom. The molecular weight excluding hydrogens is 274 g/mol. The molecule has 0 radical (unpaired) electrons. The van der Waals surface area contributed by atoms with Crippen LogP contribution in [0.1, 0.15) is 19.8 Å². The van der Waals surface area contributed by atoms with Gasteiger partial charge in [0, 0.05) is 6.54 Å². The summed E-state index contributed by atoms with van der Waals surface area (Å²) >= 11 is 0. The zero-order valence-electron chi connectivity index (χ0n) is 11.7. The van der Waals surface area contributed by atoms with Gasteiger partial charge in [-0.05, 0) is 41.5 Å². The first-order valence-electron chi connectivity index (χ1n) is 6.64. The van der Waals surface area contributed by atoms with E-state index in [0.717, 1.165) is 29.4 Å². The Morgan fingerprint density at radius 3 is 2.50 bits per heavy atom. The minimum atomic E-state index is -3.42. The van der Waals surface area contributed by atoms with Crippen LogP contribution in [0.25, 0.3) is 10.8 Å². The average Bonchev–Trinajstić information content (AvgIpc) is 2.46. The quantitative estimate of drug-likeness (QED) is 0.833. The molecule has 0 saturated carbocycles. The van der Waals surface area contributed by atoms with Crippen molar-refractivity contribution in [1.29, 1.82) is 0 Å². The lowest BCUT2D eigenvalue weighted by atomic mass is 10.1. The summed E-state index contributed by atoms with van der Waals surface area (Å²) in [6, 6.07) is 10.7. The van der Waals surface area contributed by atoms with Gasteiger partial charge >= 0.3 is 0 Å². The molecule has 0 amide bonds. The molecule has 0 aromatic heterocycles. The summed E-state index contributed by atoms with van der Waals surface area (Å²) in [6.07, 6.45) is 1.80. The number of unbranched alkanes of at least 4 members (excludes halogenated alkanes) is 1. The first kappa shape index (κ1) is 14.8. The summed E-state index contributed by atoms with van der Waals surface area (Å²) in [6.45, 7) is 2.50. The SMILES string of the molecule is CCCCNS(=O)(=O)c1ccc2cc(OC)ccc2c1. The molecule has 1 N–H and O–H groups in total. The number of hydrogen-bond donors (Lipinski definition) is 1. The third-order valence-corrected chi connectivity index (χ3v) is 4.61. The normalized spacial score (nSPS) is 11.7. The van der Waals surface area contributed by atoms with Crippen LogP contribution in [-0.2, 0) is 10.0 Å². The van der Waals surface area contributed by atoms with E-state index in [0.29, 0.717) is 11.4 Å². The summed E-state index contributed by atoms with van der Waals surface area (Å²) in [5.41, 5.74) is 0. The summed E-state index contributed by atoms with van der Waals surface area (Å²) in [5, 5.41) is 1.83. The standard InChI is InChI=1S/C15H19NO3S/c1-3-4-9-16-20(17,18)15-8-6-12-10-14(19-2)7-5-13(12)11-15/h5-8,10-11,16H,3-4,9H2,1-2H3. The van der Waals surface area contributed by atoms with Crippen molar-refractivity contribution in [2.45, 2.75) is 24.7 Å². The van der Waals surface area contributed by atoms with Gasteiger partial charge < -0.3 is 4.74 Å². The van der Waals surface area contributed by atoms with Gasteiger partial charge in [-0.3, -0.25) is 0 Å². The van der Waals surface area contributed by atoms with Gasteiger partial charge in [0.1, 0.15) is 5.75 Å². The molecule has 0 fully saturated rings. The molecule has 0 atom stereocenters. The van der Waals surface area contributed by atoms with Crippen molar-refractivity contribution in [2.24, 2.45) is 0 Å². The highest BCUT2D eigenvalue weighted by atomic mass is 32.2. The molecule has 0 unspecified atom stereocenters. The lowest BCUT2D eigenvalue weighted by molar-refractivity contribution is 0.415. The molecule has 4 nitrogen and oxygen atoms in total. The van der Waals surface area contributed by atoms with Crippen molar-refractivity contribution in [3.63, 3.8) is 0 Å². The Morgan fingerprint density at radius 1 is 1.10 bits per heavy atom. The van der Waals surface area contributed by atoms with Crippen molar-refractivity contribution >= 4 is 20.8 Å². The summed E-state index contributed by atoms with van der Waals surface area (Å²) in [7, 11) is -1.81. The molecule has 2 aromatic carbocycles. The maximum atomic E-state index is 12.1. The number of fused-ring (bicyclic) bond motifs is 1. The van der Waals surface area contributed by atoms with Crippen LogP contribution in [0.4, 0.5) is 0 Å². The Hall–Kier alpha value is -1.59. The van der Waals surface area contributed by atoms with Crippen LogP contribution in [0.2, 0.25) is 0 Å². The predicted octanol–water partition coefficient (Wildman–Crippen LogP) is 2.93. The van der Waals surface area contributed by atoms with Gasteiger partial charge in [-0.1, -0.05) is 25.5 Å². The third-order valence-electron chi connectivity index (χ3n) is 3.15. The maximum absolute atomic E-state index is 12.1. The van der Waals surface area contributed by atoms with E-state index < -0.39 is 10.0 Å². The van der Waals surface area contributed by atoms with E-state index in [1.165, 1.54) is 0 Å². The van der Waals surface area contributed by atoms with Gasteiger partial charge in [-0.25, -0.2) is 13.1 Å². The van der Waals surface area contributed by atoms with Crippen LogP contribution >= 0.6 is 0 Å². The molecule has 0 bridgehead atoms. The molecule has 0 spiro atoms. The van der Waals surface area contributed by atoms with Gasteiger partial charge in [-0.2, -0.15) is 0 Å². The van der Waals surface area contributed by atoms with Crippen molar-refractivity contribution in [3.05, 3.63) is 36.4 Å². The second-order valence-corrected chi connectivity index (χ2v) is 6.39. The molecule has 2 aromatic rings. The Bertz CT molecular complexity index is 695. The summed E-state index contributed by atoms with van der Waals surface area (Å²) in [4.78, 5) is 0.297. The lowest BCUT2D eigenvalue weighted by Gasteiger charge is -2.08. The molecule has 2 rings (SSSR count). The molecule has 0 aliphatic heterocycles. The number of methoxy groups -OCH3 is 1. The first-order chi connectivity index (χ1) is 9.56. The molecule has 0 heterocycles. The second-order valence-electron chi connectivity index (χ2n) is 4.63. The fraction of sp³-hybridized carbons (Fsp3) is 0.333. The van der Waals surface area contributed by atoms with Crippen LogP contribution < -0.4 is 9.46 Å². The first-order valence-corrected chi connectivity index (χ1v) is 8.12. The predicted molar refractivity (Wildman–Crippen MR) is 80.6 cm³/mol. The molecule has 0 aliphatic rings. The van der Waals surface area contributed by atoms with E-state index in [4.69, 9.17) is 4.74 Å². The number of sulfonamides is 1. The zero-order valence-corrected chi connectivity index (χ0v) is 12.5. The third kappa shape index (κ3) is 3.29. The van der Waals surface area contributed by atoms with Crippen molar-refractivity contribution in [3.8, 4) is 5.75 Å². The molecule has 20 heavy (non-hydrogen) atoms. The van der Waals surface area contributed by atoms with Gasteiger partial charge in [0.05, 0.1) is 12.0 Å². The van der Waals surface area contributed by atoms with E-state index in [1.54, 1.807) is 25.3 Å². The van der Waals surface area contributed by atoms with E-state index in [-0.39, 0.29) is 0 Å². The minimum Gasteiger partial charge on any atom is -0.497 e. The Balaban J connectivity index is 2.31. The largest absolute Gasteiger partial charge is 0.497 e. The van der Waals surface area contributed by atoms with Crippen LogP contribution in [0.5, 0.6) is 5.75 Å². The van der Waals surface area contributed by atoms with E-state index in [1.807, 2.05) is 25.1 Å². The number of nitrogens with one attached hydrogen (secondary N) is 1. The minimum absolute atomic E-state index is 0.297. The Kier molecular flexibility index (Phi) is 4.62. The van der Waals surface area contributed by atoms with Gasteiger partial charge in [0.15, 0.2) is 0 Å². The van der Waals surface area contributed by atoms with Crippen molar-refractivity contribution in [1.82, 2.24) is 4.72 Å². The van der Waals surface area contributed by atoms with Gasteiger partial charge in [-0.15, -0.1) is 0 Å². The fourth-order valence-electron chi connectivity index (χ4n) is 1.96. The smallest absolute Gasteiger partial charge is 0.240 e. The second kappa shape index (κ2) is 6.24. The number of ether oxygens (including phenoxy) is 1.